The minimum Gasteiger partial charge on any atom is -0.293 e. The molecule has 5 heteroatoms. The summed E-state index contributed by atoms with van der Waals surface area (Å²) >= 11 is 6.82. The predicted octanol–water partition coefficient (Wildman–Crippen LogP) is 3.31. The first kappa shape index (κ1) is 9.65. The highest BCUT2D eigenvalue weighted by Crippen LogP contribution is 2.32. The average Bonchev–Trinajstić information content (AvgIpc) is 2.48. The molecule has 0 radical (unpaired) electrons. The number of nitrogens with zero attached hydrogens (tertiary/aromatic N) is 3. The van der Waals surface area contributed by atoms with Crippen molar-refractivity contribution in [2.45, 2.75) is 38.1 Å². The second-order valence-corrected chi connectivity index (χ2v) is 4.82. The Labute approximate surface area is 94.2 Å². The smallest absolute Gasteiger partial charge is 0.201 e. The van der Waals surface area contributed by atoms with E-state index in [1.54, 1.807) is 0 Å². The van der Waals surface area contributed by atoms with Gasteiger partial charge in [-0.1, -0.05) is 19.3 Å². The lowest BCUT2D eigenvalue weighted by Crippen LogP contribution is -2.13. The molecule has 1 aromatic rings. The lowest BCUT2D eigenvalue weighted by molar-refractivity contribution is 0.344. The second kappa shape index (κ2) is 4.09. The first-order chi connectivity index (χ1) is 6.29. The van der Waals surface area contributed by atoms with Crippen molar-refractivity contribution in [1.29, 1.82) is 0 Å². The van der Waals surface area contributed by atoms with E-state index in [1.807, 2.05) is 0 Å². The van der Waals surface area contributed by atoms with Crippen molar-refractivity contribution in [2.75, 3.05) is 0 Å². The van der Waals surface area contributed by atoms with Crippen molar-refractivity contribution in [3.8, 4) is 0 Å². The fourth-order valence-corrected chi connectivity index (χ4v) is 3.21. The maximum absolute atomic E-state index is 3.97. The van der Waals surface area contributed by atoms with Crippen LogP contribution in [0.15, 0.2) is 9.47 Å². The molecule has 72 valence electrons. The summed E-state index contributed by atoms with van der Waals surface area (Å²) in [5, 5.41) is 7.95. The molecule has 2 rings (SSSR count). The van der Waals surface area contributed by atoms with Crippen molar-refractivity contribution >= 4 is 31.9 Å². The lowest BCUT2D eigenvalue weighted by Gasteiger charge is -2.23. The van der Waals surface area contributed by atoms with Crippen molar-refractivity contribution in [1.82, 2.24) is 14.8 Å². The Kier molecular flexibility index (Phi) is 3.03. The maximum Gasteiger partial charge on any atom is 0.201 e. The van der Waals surface area contributed by atoms with Crippen molar-refractivity contribution < 1.29 is 0 Å². The molecule has 13 heavy (non-hydrogen) atoms. The number of aromatic nitrogens is 3. The lowest BCUT2D eigenvalue weighted by atomic mass is 9.95. The molecule has 1 heterocycles. The van der Waals surface area contributed by atoms with Crippen LogP contribution in [0.3, 0.4) is 0 Å². The molecule has 0 bridgehead atoms. The van der Waals surface area contributed by atoms with Crippen LogP contribution >= 0.6 is 31.9 Å². The van der Waals surface area contributed by atoms with Crippen LogP contribution < -0.4 is 0 Å². The maximum atomic E-state index is 3.97. The van der Waals surface area contributed by atoms with Crippen molar-refractivity contribution in [3.63, 3.8) is 0 Å². The summed E-state index contributed by atoms with van der Waals surface area (Å²) in [5.74, 6) is 0. The van der Waals surface area contributed by atoms with Crippen LogP contribution in [-0.2, 0) is 0 Å². The SMILES string of the molecule is Brc1nnc(Br)n1C1CCCCC1. The highest BCUT2D eigenvalue weighted by molar-refractivity contribution is 9.11. The molecule has 0 N–H and O–H groups in total. The summed E-state index contributed by atoms with van der Waals surface area (Å²) in [5.41, 5.74) is 0. The van der Waals surface area contributed by atoms with Gasteiger partial charge in [-0.25, -0.2) is 0 Å². The molecular formula is C8H11Br2N3. The summed E-state index contributed by atoms with van der Waals surface area (Å²) in [6.45, 7) is 0. The van der Waals surface area contributed by atoms with Gasteiger partial charge in [-0.15, -0.1) is 10.2 Å². The molecule has 1 fully saturated rings. The fourth-order valence-electron chi connectivity index (χ4n) is 1.90. The van der Waals surface area contributed by atoms with E-state index in [2.05, 4.69) is 46.6 Å². The van der Waals surface area contributed by atoms with Crippen LogP contribution in [0.25, 0.3) is 0 Å². The van der Waals surface area contributed by atoms with Gasteiger partial charge in [0.15, 0.2) is 0 Å². The summed E-state index contributed by atoms with van der Waals surface area (Å²) in [6, 6.07) is 0.576. The van der Waals surface area contributed by atoms with Gasteiger partial charge in [0.2, 0.25) is 9.47 Å². The van der Waals surface area contributed by atoms with E-state index in [4.69, 9.17) is 0 Å². The Morgan fingerprint density at radius 3 is 2.08 bits per heavy atom. The van der Waals surface area contributed by atoms with Crippen LogP contribution in [0.4, 0.5) is 0 Å². The van der Waals surface area contributed by atoms with Gasteiger partial charge in [-0.3, -0.25) is 4.57 Å². The molecule has 1 aromatic heterocycles. The summed E-state index contributed by atoms with van der Waals surface area (Å²) in [7, 11) is 0. The third kappa shape index (κ3) is 1.96. The molecule has 0 spiro atoms. The molecular weight excluding hydrogens is 298 g/mol. The van der Waals surface area contributed by atoms with Crippen LogP contribution in [0.5, 0.6) is 0 Å². The molecule has 0 unspecified atom stereocenters. The molecule has 0 atom stereocenters. The van der Waals surface area contributed by atoms with Crippen molar-refractivity contribution in [2.24, 2.45) is 0 Å². The molecule has 1 aliphatic carbocycles. The number of hydrogen-bond donors (Lipinski definition) is 0. The topological polar surface area (TPSA) is 30.7 Å². The molecule has 0 amide bonds. The van der Waals surface area contributed by atoms with E-state index in [0.29, 0.717) is 6.04 Å². The van der Waals surface area contributed by atoms with Gasteiger partial charge >= 0.3 is 0 Å². The monoisotopic (exact) mass is 307 g/mol. The van der Waals surface area contributed by atoms with Crippen LogP contribution in [0.2, 0.25) is 0 Å². The molecule has 1 aliphatic rings. The van der Waals surface area contributed by atoms with Crippen LogP contribution in [0, 0.1) is 0 Å². The number of rotatable bonds is 1. The highest BCUT2D eigenvalue weighted by atomic mass is 79.9. The molecule has 0 saturated heterocycles. The zero-order chi connectivity index (χ0) is 9.26. The predicted molar refractivity (Wildman–Crippen MR) is 57.5 cm³/mol. The van der Waals surface area contributed by atoms with Gasteiger partial charge in [-0.05, 0) is 44.7 Å². The van der Waals surface area contributed by atoms with E-state index in [0.717, 1.165) is 9.47 Å². The largest absolute Gasteiger partial charge is 0.293 e. The van der Waals surface area contributed by atoms with Gasteiger partial charge in [0.25, 0.3) is 0 Å². The third-order valence-electron chi connectivity index (χ3n) is 2.55. The van der Waals surface area contributed by atoms with E-state index in [-0.39, 0.29) is 0 Å². The van der Waals surface area contributed by atoms with E-state index < -0.39 is 0 Å². The summed E-state index contributed by atoms with van der Waals surface area (Å²) in [4.78, 5) is 0. The standard InChI is InChI=1S/C8H11Br2N3/c9-7-11-12-8(10)13(7)6-4-2-1-3-5-6/h6H,1-5H2. The Hall–Kier alpha value is 0.1000. The summed E-state index contributed by atoms with van der Waals surface area (Å²) in [6.07, 6.45) is 6.50. The van der Waals surface area contributed by atoms with Gasteiger partial charge in [0.05, 0.1) is 0 Å². The summed E-state index contributed by atoms with van der Waals surface area (Å²) < 4.78 is 3.82. The average molecular weight is 309 g/mol. The quantitative estimate of drug-likeness (QED) is 0.797. The molecule has 0 aliphatic heterocycles. The normalized spacial score (nSPS) is 19.2. The van der Waals surface area contributed by atoms with E-state index in [9.17, 15) is 0 Å². The van der Waals surface area contributed by atoms with Gasteiger partial charge in [0, 0.05) is 6.04 Å². The number of hydrogen-bond acceptors (Lipinski definition) is 2. The first-order valence-electron chi connectivity index (χ1n) is 4.55. The third-order valence-corrected chi connectivity index (χ3v) is 3.63. The first-order valence-corrected chi connectivity index (χ1v) is 6.13. The fraction of sp³-hybridized carbons (Fsp3) is 0.750. The van der Waals surface area contributed by atoms with Crippen molar-refractivity contribution in [3.05, 3.63) is 9.47 Å². The second-order valence-electron chi connectivity index (χ2n) is 3.40. The van der Waals surface area contributed by atoms with Gasteiger partial charge in [0.1, 0.15) is 0 Å². The van der Waals surface area contributed by atoms with Gasteiger partial charge in [-0.2, -0.15) is 0 Å². The number of halogens is 2. The highest BCUT2D eigenvalue weighted by Gasteiger charge is 2.20. The Bertz CT molecular complexity index is 272. The Morgan fingerprint density at radius 2 is 1.54 bits per heavy atom. The molecule has 0 aromatic carbocycles. The van der Waals surface area contributed by atoms with Crippen LogP contribution in [-0.4, -0.2) is 14.8 Å². The van der Waals surface area contributed by atoms with E-state index in [1.165, 1.54) is 32.1 Å². The Balaban J connectivity index is 2.22. The minimum atomic E-state index is 0.576. The molecule has 3 nitrogen and oxygen atoms in total. The van der Waals surface area contributed by atoms with Gasteiger partial charge < -0.3 is 0 Å². The Morgan fingerprint density at radius 1 is 1.00 bits per heavy atom. The zero-order valence-electron chi connectivity index (χ0n) is 7.21. The zero-order valence-corrected chi connectivity index (χ0v) is 10.4. The van der Waals surface area contributed by atoms with E-state index >= 15 is 0 Å². The van der Waals surface area contributed by atoms with Crippen LogP contribution in [0.1, 0.15) is 38.1 Å². The minimum absolute atomic E-state index is 0.576. The molecule has 1 saturated carbocycles.